The van der Waals surface area contributed by atoms with E-state index in [4.69, 9.17) is 0 Å². The smallest absolute Gasteiger partial charge is 0.207 e. The maximum Gasteiger partial charge on any atom is 0.257 e. The molecule has 0 saturated carbocycles. The van der Waals surface area contributed by atoms with Crippen LogP contribution in [-0.2, 0) is 0 Å². The molecule has 144 valence electrons. The average molecular weight is 400 g/mol. The van der Waals surface area contributed by atoms with Crippen molar-refractivity contribution in [2.75, 3.05) is 0 Å². The summed E-state index contributed by atoms with van der Waals surface area (Å²) in [5, 5.41) is 0. The largest absolute Gasteiger partial charge is 0.257 e. The van der Waals surface area contributed by atoms with Gasteiger partial charge in [0.25, 0.3) is 6.71 Å². The first kappa shape index (κ1) is 19.9. The van der Waals surface area contributed by atoms with Crippen LogP contribution < -0.4 is 16.4 Å². The summed E-state index contributed by atoms with van der Waals surface area (Å²) in [6.07, 6.45) is 0. The maximum atomic E-state index is 14.7. The zero-order valence-electron chi connectivity index (χ0n) is 14.1. The van der Waals surface area contributed by atoms with E-state index in [-0.39, 0.29) is 17.7 Å². The lowest BCUT2D eigenvalue weighted by molar-refractivity contribution is 0.498. The molecule has 0 bridgehead atoms. The van der Waals surface area contributed by atoms with Crippen LogP contribution in [-0.4, -0.2) is 6.71 Å². The molecule has 3 rings (SSSR count). The van der Waals surface area contributed by atoms with Gasteiger partial charge < -0.3 is 0 Å². The van der Waals surface area contributed by atoms with Crippen LogP contribution in [0.1, 0.15) is 5.56 Å². The van der Waals surface area contributed by atoms with Crippen LogP contribution in [0, 0.1) is 53.5 Å². The van der Waals surface area contributed by atoms with Crippen molar-refractivity contribution in [1.29, 1.82) is 0 Å². The van der Waals surface area contributed by atoms with Crippen LogP contribution in [0.3, 0.4) is 0 Å². The van der Waals surface area contributed by atoms with Gasteiger partial charge >= 0.3 is 0 Å². The fourth-order valence-electron chi connectivity index (χ4n) is 2.99. The van der Waals surface area contributed by atoms with E-state index in [0.717, 1.165) is 12.1 Å². The predicted molar refractivity (Wildman–Crippen MR) is 88.4 cm³/mol. The van der Waals surface area contributed by atoms with E-state index in [0.29, 0.717) is 12.1 Å². The van der Waals surface area contributed by atoms with Crippen LogP contribution in [0.25, 0.3) is 0 Å². The van der Waals surface area contributed by atoms with Crippen LogP contribution >= 0.6 is 0 Å². The molecule has 0 N–H and O–H groups in total. The van der Waals surface area contributed by atoms with E-state index in [9.17, 15) is 35.1 Å². The van der Waals surface area contributed by atoms with Crippen molar-refractivity contribution in [3.8, 4) is 0 Å². The third kappa shape index (κ3) is 3.36. The summed E-state index contributed by atoms with van der Waals surface area (Å²) in [5.74, 6) is -12.2. The van der Waals surface area contributed by atoms with Gasteiger partial charge in [0, 0.05) is 17.6 Å². The van der Waals surface area contributed by atoms with Gasteiger partial charge in [-0.15, -0.1) is 0 Å². The van der Waals surface area contributed by atoms with Crippen molar-refractivity contribution in [2.45, 2.75) is 6.92 Å². The summed E-state index contributed by atoms with van der Waals surface area (Å²) in [6, 6.07) is 2.89. The maximum absolute atomic E-state index is 14.7. The standard InChI is InChI=1S/C19H9BF8/c1-8-2-3-13(23)16(17(8)26)20(11-4-9(21)6-14(24)18(11)27)12-5-10(22)7-15(25)19(12)28/h2-7H,1H3. The number of hydrogen-bond acceptors (Lipinski definition) is 0. The van der Waals surface area contributed by atoms with Gasteiger partial charge in [-0.25, -0.2) is 35.1 Å². The van der Waals surface area contributed by atoms with Gasteiger partial charge in [-0.05, 0) is 41.6 Å². The minimum atomic E-state index is -2.20. The molecule has 0 nitrogen and oxygen atoms in total. The van der Waals surface area contributed by atoms with Crippen molar-refractivity contribution in [1.82, 2.24) is 0 Å². The second kappa shape index (κ2) is 7.29. The van der Waals surface area contributed by atoms with E-state index >= 15 is 0 Å². The van der Waals surface area contributed by atoms with E-state index in [1.54, 1.807) is 0 Å². The third-order valence-corrected chi connectivity index (χ3v) is 4.27. The Balaban J connectivity index is 2.46. The van der Waals surface area contributed by atoms with E-state index in [1.807, 2.05) is 0 Å². The molecule has 0 aliphatic carbocycles. The monoisotopic (exact) mass is 400 g/mol. The Bertz CT molecular complexity index is 1020. The fraction of sp³-hybridized carbons (Fsp3) is 0.0526. The van der Waals surface area contributed by atoms with E-state index in [1.165, 1.54) is 6.92 Å². The second-order valence-corrected chi connectivity index (χ2v) is 6.11. The highest BCUT2D eigenvalue weighted by atomic mass is 19.2. The number of aryl methyl sites for hydroxylation is 1. The minimum Gasteiger partial charge on any atom is -0.207 e. The highest BCUT2D eigenvalue weighted by molar-refractivity contribution is 6.95. The minimum absolute atomic E-state index is 0.157. The summed E-state index contributed by atoms with van der Waals surface area (Å²) in [6.45, 7) is -0.990. The molecule has 0 saturated heterocycles. The van der Waals surface area contributed by atoms with Gasteiger partial charge in [-0.2, -0.15) is 0 Å². The fourth-order valence-corrected chi connectivity index (χ4v) is 2.99. The Hall–Kier alpha value is -2.84. The molecule has 0 radical (unpaired) electrons. The summed E-state index contributed by atoms with van der Waals surface area (Å²) < 4.78 is 113. The van der Waals surface area contributed by atoms with Gasteiger partial charge in [0.15, 0.2) is 23.3 Å². The molecular weight excluding hydrogens is 391 g/mol. The Morgan fingerprint density at radius 2 is 1.04 bits per heavy atom. The highest BCUT2D eigenvalue weighted by Gasteiger charge is 2.35. The van der Waals surface area contributed by atoms with Crippen molar-refractivity contribution < 1.29 is 35.1 Å². The summed E-state index contributed by atoms with van der Waals surface area (Å²) in [4.78, 5) is 0. The Morgan fingerprint density at radius 3 is 1.50 bits per heavy atom. The topological polar surface area (TPSA) is 0 Å². The van der Waals surface area contributed by atoms with Gasteiger partial charge in [-0.1, -0.05) is 6.07 Å². The number of hydrogen-bond donors (Lipinski definition) is 0. The highest BCUT2D eigenvalue weighted by Crippen LogP contribution is 2.14. The quantitative estimate of drug-likeness (QED) is 0.358. The third-order valence-electron chi connectivity index (χ3n) is 4.27. The molecule has 0 heterocycles. The second-order valence-electron chi connectivity index (χ2n) is 6.11. The average Bonchev–Trinajstić information content (AvgIpc) is 2.62. The summed E-state index contributed by atoms with van der Waals surface area (Å²) >= 11 is 0. The molecule has 28 heavy (non-hydrogen) atoms. The summed E-state index contributed by atoms with van der Waals surface area (Å²) in [7, 11) is 0. The lowest BCUT2D eigenvalue weighted by atomic mass is 9.36. The summed E-state index contributed by atoms with van der Waals surface area (Å²) in [5.41, 5.74) is -3.21. The molecule has 3 aromatic rings. The van der Waals surface area contributed by atoms with Crippen LogP contribution in [0.2, 0.25) is 0 Å². The van der Waals surface area contributed by atoms with Crippen molar-refractivity contribution in [3.63, 3.8) is 0 Å². The molecule has 0 amide bonds. The van der Waals surface area contributed by atoms with Crippen LogP contribution in [0.4, 0.5) is 35.1 Å². The lowest BCUT2D eigenvalue weighted by Crippen LogP contribution is -2.57. The number of halogens is 8. The molecule has 3 aromatic carbocycles. The SMILES string of the molecule is Cc1ccc(F)c(B(c2cc(F)cc(F)c2F)c2cc(F)cc(F)c2F)c1F. The van der Waals surface area contributed by atoms with E-state index < -0.39 is 69.6 Å². The van der Waals surface area contributed by atoms with Crippen LogP contribution in [0.5, 0.6) is 0 Å². The first-order valence-electron chi connectivity index (χ1n) is 7.85. The van der Waals surface area contributed by atoms with Gasteiger partial charge in [0.2, 0.25) is 0 Å². The van der Waals surface area contributed by atoms with Crippen molar-refractivity contribution in [2.24, 2.45) is 0 Å². The normalized spacial score (nSPS) is 11.0. The predicted octanol–water partition coefficient (Wildman–Crippen LogP) is 3.62. The van der Waals surface area contributed by atoms with Crippen molar-refractivity contribution in [3.05, 3.63) is 88.5 Å². The Morgan fingerprint density at radius 1 is 0.571 bits per heavy atom. The van der Waals surface area contributed by atoms with Gasteiger partial charge in [0.05, 0.1) is 0 Å². The van der Waals surface area contributed by atoms with Crippen molar-refractivity contribution >= 4 is 23.1 Å². The number of benzene rings is 3. The molecule has 0 aromatic heterocycles. The van der Waals surface area contributed by atoms with Gasteiger partial charge in [-0.3, -0.25) is 0 Å². The lowest BCUT2D eigenvalue weighted by Gasteiger charge is -2.19. The molecule has 9 heteroatoms. The molecule has 0 spiro atoms. The first-order valence-corrected chi connectivity index (χ1v) is 7.85. The van der Waals surface area contributed by atoms with Crippen LogP contribution in [0.15, 0.2) is 36.4 Å². The zero-order valence-corrected chi connectivity index (χ0v) is 14.1. The Kier molecular flexibility index (Phi) is 5.19. The zero-order chi connectivity index (χ0) is 20.7. The molecular formula is C19H9BF8. The van der Waals surface area contributed by atoms with Gasteiger partial charge in [0.1, 0.15) is 23.3 Å². The molecule has 0 atom stereocenters. The van der Waals surface area contributed by atoms with E-state index in [2.05, 4.69) is 0 Å². The molecule has 0 unspecified atom stereocenters. The molecule has 0 aliphatic rings. The molecule has 0 aliphatic heterocycles. The molecule has 0 fully saturated rings. The Labute approximate surface area is 154 Å². The first-order chi connectivity index (χ1) is 13.1. The number of rotatable bonds is 3.